The smallest absolute Gasteiger partial charge is 0.253 e. The Labute approximate surface area is 123 Å². The lowest BCUT2D eigenvalue weighted by Crippen LogP contribution is -2.32. The van der Waals surface area contributed by atoms with Gasteiger partial charge in [-0.15, -0.1) is 0 Å². The van der Waals surface area contributed by atoms with Crippen molar-refractivity contribution in [3.05, 3.63) is 17.7 Å². The molecule has 2 bridgehead atoms. The highest BCUT2D eigenvalue weighted by Gasteiger charge is 2.39. The Morgan fingerprint density at radius 3 is 2.76 bits per heavy atom. The van der Waals surface area contributed by atoms with Crippen molar-refractivity contribution in [2.75, 3.05) is 19.1 Å². The molecule has 3 N–H and O–H groups in total. The lowest BCUT2D eigenvalue weighted by Gasteiger charge is -2.22. The second-order valence-electron chi connectivity index (χ2n) is 6.44. The standard InChI is InChI=1S/C16H20N2O3/c17-13-6-15-14(20-8-21-15)5-12(13)16(19)18-7-11-4-9-1-2-10(11)3-9/h5-6,9-11H,1-4,7-8,17H2,(H,18,19). The summed E-state index contributed by atoms with van der Waals surface area (Å²) in [7, 11) is 0. The van der Waals surface area contributed by atoms with Gasteiger partial charge < -0.3 is 20.5 Å². The summed E-state index contributed by atoms with van der Waals surface area (Å²) >= 11 is 0. The largest absolute Gasteiger partial charge is 0.454 e. The fraction of sp³-hybridized carbons (Fsp3) is 0.562. The molecule has 3 atom stereocenters. The molecule has 0 spiro atoms. The van der Waals surface area contributed by atoms with Crippen LogP contribution in [0.1, 0.15) is 36.0 Å². The Balaban J connectivity index is 1.43. The molecule has 5 heteroatoms. The molecule has 5 nitrogen and oxygen atoms in total. The maximum absolute atomic E-state index is 12.3. The molecule has 2 aliphatic carbocycles. The van der Waals surface area contributed by atoms with E-state index in [0.29, 0.717) is 28.7 Å². The van der Waals surface area contributed by atoms with Crippen LogP contribution >= 0.6 is 0 Å². The van der Waals surface area contributed by atoms with Gasteiger partial charge >= 0.3 is 0 Å². The van der Waals surface area contributed by atoms with Crippen molar-refractivity contribution in [1.29, 1.82) is 0 Å². The van der Waals surface area contributed by atoms with Crippen LogP contribution in [0, 0.1) is 17.8 Å². The number of carbonyl (C=O) groups excluding carboxylic acids is 1. The van der Waals surface area contributed by atoms with Gasteiger partial charge in [0.1, 0.15) is 0 Å². The number of nitrogen functional groups attached to an aromatic ring is 1. The third-order valence-electron chi connectivity index (χ3n) is 5.20. The van der Waals surface area contributed by atoms with Crippen molar-refractivity contribution >= 4 is 11.6 Å². The van der Waals surface area contributed by atoms with Crippen molar-refractivity contribution in [2.45, 2.75) is 25.7 Å². The highest BCUT2D eigenvalue weighted by molar-refractivity contribution is 6.00. The lowest BCUT2D eigenvalue weighted by atomic mass is 9.89. The Kier molecular flexibility index (Phi) is 2.94. The van der Waals surface area contributed by atoms with Crippen LogP contribution < -0.4 is 20.5 Å². The fourth-order valence-corrected chi connectivity index (χ4v) is 4.10. The summed E-state index contributed by atoms with van der Waals surface area (Å²) in [5.41, 5.74) is 6.85. The van der Waals surface area contributed by atoms with E-state index in [1.807, 2.05) is 0 Å². The van der Waals surface area contributed by atoms with Gasteiger partial charge in [0.15, 0.2) is 11.5 Å². The molecule has 0 radical (unpaired) electrons. The maximum atomic E-state index is 12.3. The molecule has 1 amide bonds. The first kappa shape index (κ1) is 12.8. The quantitative estimate of drug-likeness (QED) is 0.836. The van der Waals surface area contributed by atoms with Crippen LogP contribution in [0.15, 0.2) is 12.1 Å². The first-order chi connectivity index (χ1) is 10.2. The van der Waals surface area contributed by atoms with Crippen LogP contribution in [0.5, 0.6) is 11.5 Å². The summed E-state index contributed by atoms with van der Waals surface area (Å²) in [5, 5.41) is 3.04. The number of anilines is 1. The number of hydrogen-bond acceptors (Lipinski definition) is 4. The number of nitrogens with one attached hydrogen (secondary N) is 1. The molecular formula is C16H20N2O3. The maximum Gasteiger partial charge on any atom is 0.253 e. The molecule has 4 rings (SSSR count). The minimum Gasteiger partial charge on any atom is -0.454 e. The molecule has 21 heavy (non-hydrogen) atoms. The van der Waals surface area contributed by atoms with Crippen LogP contribution in [0.2, 0.25) is 0 Å². The third-order valence-corrected chi connectivity index (χ3v) is 5.20. The van der Waals surface area contributed by atoms with E-state index in [0.717, 1.165) is 18.4 Å². The van der Waals surface area contributed by atoms with Gasteiger partial charge in [-0.05, 0) is 43.1 Å². The summed E-state index contributed by atoms with van der Waals surface area (Å²) in [6, 6.07) is 3.34. The third kappa shape index (κ3) is 2.20. The highest BCUT2D eigenvalue weighted by atomic mass is 16.7. The predicted molar refractivity (Wildman–Crippen MR) is 78.2 cm³/mol. The van der Waals surface area contributed by atoms with Gasteiger partial charge in [0, 0.05) is 18.3 Å². The first-order valence-electron chi connectivity index (χ1n) is 7.68. The molecule has 3 unspecified atom stereocenters. The van der Waals surface area contributed by atoms with Crippen LogP contribution in [-0.2, 0) is 0 Å². The van der Waals surface area contributed by atoms with E-state index in [1.54, 1.807) is 12.1 Å². The Morgan fingerprint density at radius 1 is 1.24 bits per heavy atom. The van der Waals surface area contributed by atoms with E-state index in [-0.39, 0.29) is 12.7 Å². The van der Waals surface area contributed by atoms with E-state index in [4.69, 9.17) is 15.2 Å². The average molecular weight is 288 g/mol. The Hall–Kier alpha value is -1.91. The van der Waals surface area contributed by atoms with Crippen molar-refractivity contribution in [3.8, 4) is 11.5 Å². The minimum absolute atomic E-state index is 0.117. The monoisotopic (exact) mass is 288 g/mol. The first-order valence-corrected chi connectivity index (χ1v) is 7.68. The van der Waals surface area contributed by atoms with Crippen molar-refractivity contribution < 1.29 is 14.3 Å². The van der Waals surface area contributed by atoms with Gasteiger partial charge in [0.05, 0.1) is 5.56 Å². The topological polar surface area (TPSA) is 73.6 Å². The SMILES string of the molecule is Nc1cc2c(cc1C(=O)NCC1CC3CCC1C3)OCO2. The molecule has 1 aliphatic heterocycles. The number of benzene rings is 1. The summed E-state index contributed by atoms with van der Waals surface area (Å²) in [5.74, 6) is 3.43. The van der Waals surface area contributed by atoms with Crippen LogP contribution in [-0.4, -0.2) is 19.2 Å². The van der Waals surface area contributed by atoms with Gasteiger partial charge in [-0.25, -0.2) is 0 Å². The number of fused-ring (bicyclic) bond motifs is 3. The molecule has 0 saturated heterocycles. The lowest BCUT2D eigenvalue weighted by molar-refractivity contribution is 0.0942. The molecule has 1 aromatic rings. The number of hydrogen-bond donors (Lipinski definition) is 2. The number of nitrogens with two attached hydrogens (primary N) is 1. The van der Waals surface area contributed by atoms with Gasteiger partial charge in [-0.2, -0.15) is 0 Å². The van der Waals surface area contributed by atoms with E-state index >= 15 is 0 Å². The van der Waals surface area contributed by atoms with Gasteiger partial charge in [0.2, 0.25) is 6.79 Å². The number of ether oxygens (including phenoxy) is 2. The Morgan fingerprint density at radius 2 is 2.05 bits per heavy atom. The van der Waals surface area contributed by atoms with E-state index in [9.17, 15) is 4.79 Å². The van der Waals surface area contributed by atoms with Gasteiger partial charge in [-0.1, -0.05) is 6.42 Å². The van der Waals surface area contributed by atoms with Crippen molar-refractivity contribution in [3.63, 3.8) is 0 Å². The zero-order valence-electron chi connectivity index (χ0n) is 11.9. The van der Waals surface area contributed by atoms with Crippen LogP contribution in [0.25, 0.3) is 0 Å². The zero-order chi connectivity index (χ0) is 14.4. The van der Waals surface area contributed by atoms with Gasteiger partial charge in [0.25, 0.3) is 5.91 Å². The summed E-state index contributed by atoms with van der Waals surface area (Å²) in [6.07, 6.45) is 5.33. The molecular weight excluding hydrogens is 268 g/mol. The molecule has 0 aromatic heterocycles. The number of carbonyl (C=O) groups is 1. The second-order valence-corrected chi connectivity index (χ2v) is 6.44. The van der Waals surface area contributed by atoms with E-state index < -0.39 is 0 Å². The second kappa shape index (κ2) is 4.83. The molecule has 112 valence electrons. The predicted octanol–water partition coefficient (Wildman–Crippen LogP) is 2.16. The van der Waals surface area contributed by atoms with E-state index in [1.165, 1.54) is 25.7 Å². The molecule has 2 saturated carbocycles. The Bertz CT molecular complexity index is 587. The minimum atomic E-state index is -0.117. The number of rotatable bonds is 3. The number of amides is 1. The average Bonchev–Trinajstić information content (AvgIpc) is 3.19. The molecule has 2 fully saturated rings. The summed E-state index contributed by atoms with van der Waals surface area (Å²) < 4.78 is 10.6. The van der Waals surface area contributed by atoms with Crippen LogP contribution in [0.3, 0.4) is 0 Å². The molecule has 1 heterocycles. The van der Waals surface area contributed by atoms with Gasteiger partial charge in [-0.3, -0.25) is 4.79 Å². The van der Waals surface area contributed by atoms with Crippen LogP contribution in [0.4, 0.5) is 5.69 Å². The normalized spacial score (nSPS) is 28.9. The van der Waals surface area contributed by atoms with Crippen molar-refractivity contribution in [2.24, 2.45) is 17.8 Å². The molecule has 3 aliphatic rings. The summed E-state index contributed by atoms with van der Waals surface area (Å²) in [4.78, 5) is 12.3. The van der Waals surface area contributed by atoms with Crippen molar-refractivity contribution in [1.82, 2.24) is 5.32 Å². The zero-order valence-corrected chi connectivity index (χ0v) is 11.9. The van der Waals surface area contributed by atoms with E-state index in [2.05, 4.69) is 5.32 Å². The summed E-state index contributed by atoms with van der Waals surface area (Å²) in [6.45, 7) is 0.943. The highest BCUT2D eigenvalue weighted by Crippen LogP contribution is 2.48. The molecule has 1 aromatic carbocycles. The fourth-order valence-electron chi connectivity index (χ4n) is 4.10.